The molecule has 0 unspecified atom stereocenters. The number of carbonyl (C=O) groups is 1. The molecule has 2 heterocycles. The standard InChI is InChI=1S/C19H15N4O4/c20-18(24)27-15-4-2-13(3-5-15)22-19-21-8-7-14(23-19)9-12-1-6-16-17(10-12)26-11-25-16/h1-10H,11H2,(H2,20,24)(H,21,22,23). The minimum atomic E-state index is -0.856. The Balaban J connectivity index is 1.45. The van der Waals surface area contributed by atoms with Crippen LogP contribution in [0.2, 0.25) is 0 Å². The fraction of sp³-hybridized carbons (Fsp3) is 0.0526. The summed E-state index contributed by atoms with van der Waals surface area (Å²) in [7, 11) is 0. The van der Waals surface area contributed by atoms with Gasteiger partial charge >= 0.3 is 6.09 Å². The van der Waals surface area contributed by atoms with Gasteiger partial charge in [0.25, 0.3) is 0 Å². The first-order valence-electron chi connectivity index (χ1n) is 8.07. The molecular weight excluding hydrogens is 348 g/mol. The van der Waals surface area contributed by atoms with Gasteiger partial charge in [0.05, 0.1) is 5.69 Å². The number of nitrogens with zero attached hydrogens (tertiary/aromatic N) is 2. The van der Waals surface area contributed by atoms with Crippen LogP contribution in [0.5, 0.6) is 17.2 Å². The maximum Gasteiger partial charge on any atom is 0.409 e. The van der Waals surface area contributed by atoms with E-state index in [0.29, 0.717) is 11.7 Å². The number of amides is 1. The number of fused-ring (bicyclic) bond motifs is 1. The molecule has 0 saturated heterocycles. The molecule has 8 nitrogen and oxygen atoms in total. The topological polar surface area (TPSA) is 109 Å². The third kappa shape index (κ3) is 4.06. The van der Waals surface area contributed by atoms with Gasteiger partial charge in [0.1, 0.15) is 5.75 Å². The zero-order valence-electron chi connectivity index (χ0n) is 14.1. The van der Waals surface area contributed by atoms with Crippen molar-refractivity contribution in [3.63, 3.8) is 0 Å². The highest BCUT2D eigenvalue weighted by Gasteiger charge is 2.13. The van der Waals surface area contributed by atoms with Gasteiger partial charge in [-0.2, -0.15) is 0 Å². The predicted octanol–water partition coefficient (Wildman–Crippen LogP) is 3.01. The van der Waals surface area contributed by atoms with E-state index < -0.39 is 6.09 Å². The van der Waals surface area contributed by atoms with Crippen molar-refractivity contribution in [1.29, 1.82) is 0 Å². The molecule has 27 heavy (non-hydrogen) atoms. The van der Waals surface area contributed by atoms with Crippen molar-refractivity contribution in [2.75, 3.05) is 12.1 Å². The fourth-order valence-electron chi connectivity index (χ4n) is 2.54. The quantitative estimate of drug-likeness (QED) is 0.717. The van der Waals surface area contributed by atoms with Gasteiger partial charge in [-0.15, -0.1) is 0 Å². The zero-order valence-corrected chi connectivity index (χ0v) is 14.1. The van der Waals surface area contributed by atoms with Crippen molar-refractivity contribution in [2.24, 2.45) is 5.73 Å². The van der Waals surface area contributed by atoms with E-state index in [1.807, 2.05) is 24.6 Å². The highest BCUT2D eigenvalue weighted by molar-refractivity contribution is 5.68. The third-order valence-corrected chi connectivity index (χ3v) is 3.72. The smallest absolute Gasteiger partial charge is 0.409 e. The van der Waals surface area contributed by atoms with Gasteiger partial charge in [-0.25, -0.2) is 14.8 Å². The van der Waals surface area contributed by atoms with E-state index in [1.54, 1.807) is 36.5 Å². The lowest BCUT2D eigenvalue weighted by atomic mass is 10.1. The number of anilines is 2. The summed E-state index contributed by atoms with van der Waals surface area (Å²) in [5.74, 6) is 2.25. The van der Waals surface area contributed by atoms with E-state index in [-0.39, 0.29) is 6.79 Å². The van der Waals surface area contributed by atoms with Crippen LogP contribution in [0.1, 0.15) is 11.3 Å². The van der Waals surface area contributed by atoms with E-state index >= 15 is 0 Å². The minimum absolute atomic E-state index is 0.240. The fourth-order valence-corrected chi connectivity index (χ4v) is 2.54. The van der Waals surface area contributed by atoms with Crippen molar-refractivity contribution in [2.45, 2.75) is 0 Å². The van der Waals surface area contributed by atoms with Crippen LogP contribution in [0.15, 0.2) is 54.7 Å². The van der Waals surface area contributed by atoms with Crippen molar-refractivity contribution >= 4 is 17.7 Å². The molecule has 0 atom stereocenters. The second kappa shape index (κ2) is 7.20. The van der Waals surface area contributed by atoms with Crippen LogP contribution < -0.4 is 25.3 Å². The summed E-state index contributed by atoms with van der Waals surface area (Å²) in [5, 5.41) is 3.09. The first-order chi connectivity index (χ1) is 13.2. The molecular formula is C19H15N4O4. The Kier molecular flexibility index (Phi) is 4.44. The van der Waals surface area contributed by atoms with Crippen LogP contribution in [0, 0.1) is 6.42 Å². The number of primary amides is 1. The van der Waals surface area contributed by atoms with Crippen LogP contribution in [0.3, 0.4) is 0 Å². The van der Waals surface area contributed by atoms with E-state index in [2.05, 4.69) is 15.3 Å². The van der Waals surface area contributed by atoms with Gasteiger partial charge in [-0.1, -0.05) is 6.07 Å². The largest absolute Gasteiger partial charge is 0.454 e. The summed E-state index contributed by atoms with van der Waals surface area (Å²) < 4.78 is 15.5. The average molecular weight is 363 g/mol. The Hall–Kier alpha value is -3.81. The zero-order chi connectivity index (χ0) is 18.6. The number of ether oxygens (including phenoxy) is 3. The molecule has 1 aliphatic rings. The molecule has 8 heteroatoms. The summed E-state index contributed by atoms with van der Waals surface area (Å²) in [4.78, 5) is 19.4. The molecule has 4 rings (SSSR count). The molecule has 1 aromatic heterocycles. The summed E-state index contributed by atoms with van der Waals surface area (Å²) in [6, 6.07) is 14.2. The van der Waals surface area contributed by atoms with Crippen molar-refractivity contribution in [3.8, 4) is 17.2 Å². The summed E-state index contributed by atoms with van der Waals surface area (Å²) in [6.45, 7) is 0.240. The van der Waals surface area contributed by atoms with Crippen molar-refractivity contribution < 1.29 is 19.0 Å². The van der Waals surface area contributed by atoms with Gasteiger partial charge < -0.3 is 25.3 Å². The number of hydrogen-bond acceptors (Lipinski definition) is 7. The maximum absolute atomic E-state index is 10.7. The number of benzene rings is 2. The molecule has 1 amide bonds. The van der Waals surface area contributed by atoms with Crippen LogP contribution in [0.25, 0.3) is 0 Å². The van der Waals surface area contributed by atoms with Crippen LogP contribution >= 0.6 is 0 Å². The molecule has 3 aromatic rings. The lowest BCUT2D eigenvalue weighted by Crippen LogP contribution is -2.16. The van der Waals surface area contributed by atoms with E-state index in [0.717, 1.165) is 28.4 Å². The Labute approximate surface area is 154 Å². The normalized spacial score (nSPS) is 11.9. The number of carbonyl (C=O) groups excluding carboxylic acids is 1. The Morgan fingerprint density at radius 1 is 1.11 bits per heavy atom. The van der Waals surface area contributed by atoms with E-state index in [4.69, 9.17) is 19.9 Å². The molecule has 3 N–H and O–H groups in total. The molecule has 0 aliphatic carbocycles. The van der Waals surface area contributed by atoms with Crippen molar-refractivity contribution in [3.05, 3.63) is 72.4 Å². The van der Waals surface area contributed by atoms with Gasteiger partial charge in [-0.05, 0) is 48.0 Å². The van der Waals surface area contributed by atoms with E-state index in [9.17, 15) is 4.79 Å². The first kappa shape index (κ1) is 16.6. The Morgan fingerprint density at radius 2 is 1.93 bits per heavy atom. The molecule has 2 aromatic carbocycles. The van der Waals surface area contributed by atoms with Crippen LogP contribution in [0.4, 0.5) is 16.4 Å². The van der Waals surface area contributed by atoms with Gasteiger partial charge in [-0.3, -0.25) is 0 Å². The van der Waals surface area contributed by atoms with Crippen LogP contribution in [-0.4, -0.2) is 22.9 Å². The molecule has 1 aliphatic heterocycles. The second-order valence-electron chi connectivity index (χ2n) is 5.63. The van der Waals surface area contributed by atoms with Gasteiger partial charge in [0, 0.05) is 18.3 Å². The highest BCUT2D eigenvalue weighted by atomic mass is 16.7. The molecule has 1 radical (unpaired) electrons. The van der Waals surface area contributed by atoms with Crippen LogP contribution in [-0.2, 0) is 0 Å². The van der Waals surface area contributed by atoms with Gasteiger partial charge in [0.2, 0.25) is 12.7 Å². The first-order valence-corrected chi connectivity index (χ1v) is 8.07. The number of nitrogens with two attached hydrogens (primary N) is 1. The second-order valence-corrected chi connectivity index (χ2v) is 5.63. The molecule has 0 spiro atoms. The summed E-state index contributed by atoms with van der Waals surface area (Å²) >= 11 is 0. The molecule has 0 bridgehead atoms. The summed E-state index contributed by atoms with van der Waals surface area (Å²) in [5.41, 5.74) is 7.40. The average Bonchev–Trinajstić information content (AvgIpc) is 3.11. The molecule has 0 fully saturated rings. The Bertz CT molecular complexity index is 976. The monoisotopic (exact) mass is 363 g/mol. The molecule has 135 valence electrons. The lowest BCUT2D eigenvalue weighted by Gasteiger charge is -2.08. The van der Waals surface area contributed by atoms with E-state index in [1.165, 1.54) is 0 Å². The van der Waals surface area contributed by atoms with Gasteiger partial charge in [0.15, 0.2) is 11.5 Å². The Morgan fingerprint density at radius 3 is 2.74 bits per heavy atom. The number of hydrogen-bond donors (Lipinski definition) is 2. The number of rotatable bonds is 5. The third-order valence-electron chi connectivity index (χ3n) is 3.72. The number of aromatic nitrogens is 2. The summed E-state index contributed by atoms with van der Waals surface area (Å²) in [6.07, 6.45) is 2.72. The maximum atomic E-state index is 10.7. The number of nitrogens with one attached hydrogen (secondary N) is 1. The SMILES string of the molecule is NC(=O)Oc1ccc(Nc2nccc([CH]c3ccc4c(c3)OCO4)n2)cc1. The highest BCUT2D eigenvalue weighted by Crippen LogP contribution is 2.33. The molecule has 0 saturated carbocycles. The lowest BCUT2D eigenvalue weighted by molar-refractivity contribution is 0.174. The minimum Gasteiger partial charge on any atom is -0.454 e. The van der Waals surface area contributed by atoms with Crippen molar-refractivity contribution in [1.82, 2.24) is 9.97 Å². The predicted molar refractivity (Wildman–Crippen MR) is 97.0 cm³/mol.